The summed E-state index contributed by atoms with van der Waals surface area (Å²) in [6, 6.07) is 15.2. The molecule has 0 aliphatic carbocycles. The van der Waals surface area contributed by atoms with E-state index in [0.29, 0.717) is 23.9 Å². The number of halogens is 1. The van der Waals surface area contributed by atoms with Crippen LogP contribution in [0.3, 0.4) is 0 Å². The molecule has 3 rings (SSSR count). The van der Waals surface area contributed by atoms with Crippen LogP contribution in [0.5, 0.6) is 5.75 Å². The van der Waals surface area contributed by atoms with Crippen LogP contribution in [0.2, 0.25) is 0 Å². The van der Waals surface area contributed by atoms with Gasteiger partial charge in [-0.15, -0.1) is 0 Å². The van der Waals surface area contributed by atoms with Crippen molar-refractivity contribution in [1.29, 1.82) is 0 Å². The highest BCUT2D eigenvalue weighted by Crippen LogP contribution is 2.20. The van der Waals surface area contributed by atoms with E-state index in [1.807, 2.05) is 62.4 Å². The van der Waals surface area contributed by atoms with Gasteiger partial charge in [0.05, 0.1) is 6.54 Å². The Balaban J connectivity index is 1.59. The number of benzene rings is 2. The summed E-state index contributed by atoms with van der Waals surface area (Å²) in [4.78, 5) is 16.7. The largest absolute Gasteiger partial charge is 0.481 e. The third-order valence-electron chi connectivity index (χ3n) is 3.90. The Labute approximate surface area is 166 Å². The minimum Gasteiger partial charge on any atom is -0.481 e. The molecule has 3 aromatic rings. The molecule has 0 saturated carbocycles. The first-order valence-electron chi connectivity index (χ1n) is 8.64. The normalized spacial score (nSPS) is 11.8. The van der Waals surface area contributed by atoms with Crippen molar-refractivity contribution >= 4 is 21.8 Å². The number of nitrogens with one attached hydrogen (secondary N) is 1. The van der Waals surface area contributed by atoms with Crippen LogP contribution in [0.25, 0.3) is 11.4 Å². The van der Waals surface area contributed by atoms with Gasteiger partial charge in [-0.25, -0.2) is 0 Å². The van der Waals surface area contributed by atoms with Crippen molar-refractivity contribution in [3.05, 3.63) is 64.5 Å². The van der Waals surface area contributed by atoms with Crippen molar-refractivity contribution in [3.8, 4) is 17.1 Å². The van der Waals surface area contributed by atoms with E-state index in [1.54, 1.807) is 0 Å². The minimum atomic E-state index is -0.584. The van der Waals surface area contributed by atoms with Gasteiger partial charge in [-0.1, -0.05) is 52.3 Å². The predicted molar refractivity (Wildman–Crippen MR) is 105 cm³/mol. The van der Waals surface area contributed by atoms with Crippen molar-refractivity contribution in [1.82, 2.24) is 15.5 Å². The van der Waals surface area contributed by atoms with Gasteiger partial charge in [0.2, 0.25) is 11.7 Å². The average Bonchev–Trinajstić information content (AvgIpc) is 3.13. The smallest absolute Gasteiger partial charge is 0.261 e. The SMILES string of the molecule is CC[C@H](Oc1cccc(C)c1)C(=O)NCc1nc(-c2cccc(Br)c2)no1. The summed E-state index contributed by atoms with van der Waals surface area (Å²) in [5, 5.41) is 6.75. The first-order chi connectivity index (χ1) is 13.0. The molecule has 1 N–H and O–H groups in total. The Morgan fingerprint density at radius 1 is 1.26 bits per heavy atom. The molecule has 6 nitrogen and oxygen atoms in total. The second-order valence-corrected chi connectivity index (χ2v) is 6.99. The molecular formula is C20H20BrN3O3. The molecule has 1 heterocycles. The van der Waals surface area contributed by atoms with E-state index >= 15 is 0 Å². The number of nitrogens with zero attached hydrogens (tertiary/aromatic N) is 2. The summed E-state index contributed by atoms with van der Waals surface area (Å²) in [5.41, 5.74) is 1.91. The van der Waals surface area contributed by atoms with Gasteiger partial charge < -0.3 is 14.6 Å². The fourth-order valence-corrected chi connectivity index (χ4v) is 2.92. The lowest BCUT2D eigenvalue weighted by Crippen LogP contribution is -2.37. The van der Waals surface area contributed by atoms with Crippen LogP contribution in [0.4, 0.5) is 0 Å². The van der Waals surface area contributed by atoms with Crippen molar-refractivity contribution in [2.75, 3.05) is 0 Å². The van der Waals surface area contributed by atoms with Crippen LogP contribution in [0, 0.1) is 6.92 Å². The number of hydrogen-bond donors (Lipinski definition) is 1. The Morgan fingerprint density at radius 3 is 2.81 bits per heavy atom. The molecule has 0 aliphatic rings. The zero-order valence-corrected chi connectivity index (χ0v) is 16.7. The number of amides is 1. The second-order valence-electron chi connectivity index (χ2n) is 6.07. The van der Waals surface area contributed by atoms with E-state index in [2.05, 4.69) is 31.4 Å². The number of carbonyl (C=O) groups is 1. The zero-order chi connectivity index (χ0) is 19.2. The minimum absolute atomic E-state index is 0.146. The fraction of sp³-hybridized carbons (Fsp3) is 0.250. The lowest BCUT2D eigenvalue weighted by atomic mass is 10.2. The predicted octanol–water partition coefficient (Wildman–Crippen LogP) is 4.28. The van der Waals surface area contributed by atoms with E-state index in [4.69, 9.17) is 9.26 Å². The molecule has 2 aromatic carbocycles. The van der Waals surface area contributed by atoms with E-state index < -0.39 is 6.10 Å². The number of carbonyl (C=O) groups excluding carboxylic acids is 1. The van der Waals surface area contributed by atoms with Gasteiger partial charge >= 0.3 is 0 Å². The summed E-state index contributed by atoms with van der Waals surface area (Å²) in [5.74, 6) is 1.26. The maximum Gasteiger partial charge on any atom is 0.261 e. The van der Waals surface area contributed by atoms with Gasteiger partial charge in [-0.05, 0) is 43.2 Å². The molecule has 27 heavy (non-hydrogen) atoms. The monoisotopic (exact) mass is 429 g/mol. The highest BCUT2D eigenvalue weighted by molar-refractivity contribution is 9.10. The number of hydrogen-bond acceptors (Lipinski definition) is 5. The maximum absolute atomic E-state index is 12.4. The molecule has 0 unspecified atom stereocenters. The van der Waals surface area contributed by atoms with Gasteiger partial charge in [-0.2, -0.15) is 4.98 Å². The summed E-state index contributed by atoms with van der Waals surface area (Å²) < 4.78 is 12.0. The summed E-state index contributed by atoms with van der Waals surface area (Å²) in [6.45, 7) is 4.03. The summed E-state index contributed by atoms with van der Waals surface area (Å²) in [7, 11) is 0. The van der Waals surface area contributed by atoms with Gasteiger partial charge in [0.1, 0.15) is 5.75 Å². The van der Waals surface area contributed by atoms with Crippen molar-refractivity contribution in [3.63, 3.8) is 0 Å². The van der Waals surface area contributed by atoms with Gasteiger partial charge in [0.25, 0.3) is 5.91 Å². The number of rotatable bonds is 7. The molecule has 1 atom stereocenters. The highest BCUT2D eigenvalue weighted by atomic mass is 79.9. The Kier molecular flexibility index (Phi) is 6.24. The van der Waals surface area contributed by atoms with Crippen LogP contribution in [-0.2, 0) is 11.3 Å². The molecule has 0 radical (unpaired) electrons. The molecule has 0 saturated heterocycles. The molecule has 7 heteroatoms. The fourth-order valence-electron chi connectivity index (χ4n) is 2.52. The first kappa shape index (κ1) is 19.1. The lowest BCUT2D eigenvalue weighted by Gasteiger charge is -2.17. The van der Waals surface area contributed by atoms with Gasteiger partial charge in [-0.3, -0.25) is 4.79 Å². The van der Waals surface area contributed by atoms with E-state index in [9.17, 15) is 4.79 Å². The molecular weight excluding hydrogens is 410 g/mol. The van der Waals surface area contributed by atoms with Crippen LogP contribution in [0.1, 0.15) is 24.8 Å². The Morgan fingerprint density at radius 2 is 2.07 bits per heavy atom. The second kappa shape index (κ2) is 8.81. The molecule has 0 fully saturated rings. The van der Waals surface area contributed by atoms with Crippen molar-refractivity contribution < 1.29 is 14.1 Å². The van der Waals surface area contributed by atoms with Crippen LogP contribution in [0.15, 0.2) is 57.5 Å². The first-order valence-corrected chi connectivity index (χ1v) is 9.44. The highest BCUT2D eigenvalue weighted by Gasteiger charge is 2.19. The number of ether oxygens (including phenoxy) is 1. The maximum atomic E-state index is 12.4. The number of aryl methyl sites for hydroxylation is 1. The molecule has 1 aromatic heterocycles. The lowest BCUT2D eigenvalue weighted by molar-refractivity contribution is -0.128. The third-order valence-corrected chi connectivity index (χ3v) is 4.39. The summed E-state index contributed by atoms with van der Waals surface area (Å²) >= 11 is 3.41. The molecule has 0 bridgehead atoms. The van der Waals surface area contributed by atoms with E-state index in [-0.39, 0.29) is 12.5 Å². The number of aromatic nitrogens is 2. The average molecular weight is 430 g/mol. The van der Waals surface area contributed by atoms with Crippen LogP contribution < -0.4 is 10.1 Å². The van der Waals surface area contributed by atoms with Crippen molar-refractivity contribution in [2.24, 2.45) is 0 Å². The van der Waals surface area contributed by atoms with Crippen LogP contribution in [-0.4, -0.2) is 22.2 Å². The standard InChI is InChI=1S/C20H20BrN3O3/c1-3-17(26-16-9-4-6-13(2)10-16)20(25)22-12-18-23-19(24-27-18)14-7-5-8-15(21)11-14/h4-11,17H,3,12H2,1-2H3,(H,22,25)/t17-/m0/s1. The van der Waals surface area contributed by atoms with E-state index in [0.717, 1.165) is 15.6 Å². The Bertz CT molecular complexity index is 926. The Hall–Kier alpha value is -2.67. The van der Waals surface area contributed by atoms with Crippen LogP contribution >= 0.6 is 15.9 Å². The quantitative estimate of drug-likeness (QED) is 0.606. The third kappa shape index (κ3) is 5.17. The van der Waals surface area contributed by atoms with E-state index in [1.165, 1.54) is 0 Å². The molecule has 0 aliphatic heterocycles. The topological polar surface area (TPSA) is 77.2 Å². The van der Waals surface area contributed by atoms with Gasteiger partial charge in [0, 0.05) is 10.0 Å². The molecule has 1 amide bonds. The zero-order valence-electron chi connectivity index (χ0n) is 15.1. The van der Waals surface area contributed by atoms with Gasteiger partial charge in [0.15, 0.2) is 6.10 Å². The molecule has 0 spiro atoms. The molecule has 140 valence electrons. The summed E-state index contributed by atoms with van der Waals surface area (Å²) in [6.07, 6.45) is -0.0355. The van der Waals surface area contributed by atoms with Crippen molar-refractivity contribution in [2.45, 2.75) is 32.9 Å².